The molecule has 0 aromatic carbocycles. The van der Waals surface area contributed by atoms with Crippen LogP contribution in [0.1, 0.15) is 63.6 Å². The van der Waals surface area contributed by atoms with E-state index in [2.05, 4.69) is 15.0 Å². The minimum absolute atomic E-state index is 0.197. The first kappa shape index (κ1) is 14.5. The molecule has 2 aliphatic rings. The standard InChI is InChI=1S/C15H23N3O3/c1-9(2)14-16-13(17-21-14)8-18-11-6-4-3-5-10(11)7-12(18)15(19)20/h9-12H,3-8H2,1-2H3,(H,19,20). The molecule has 6 nitrogen and oxygen atoms in total. The molecule has 2 fully saturated rings. The van der Waals surface area contributed by atoms with Crippen molar-refractivity contribution in [1.82, 2.24) is 15.0 Å². The van der Waals surface area contributed by atoms with Gasteiger partial charge >= 0.3 is 5.97 Å². The smallest absolute Gasteiger partial charge is 0.320 e. The van der Waals surface area contributed by atoms with E-state index in [1.165, 1.54) is 12.8 Å². The zero-order valence-corrected chi connectivity index (χ0v) is 12.7. The zero-order valence-electron chi connectivity index (χ0n) is 12.7. The number of hydrogen-bond donors (Lipinski definition) is 1. The summed E-state index contributed by atoms with van der Waals surface area (Å²) in [6, 6.07) is -0.0417. The fourth-order valence-electron chi connectivity index (χ4n) is 3.75. The third kappa shape index (κ3) is 2.81. The maximum atomic E-state index is 11.6. The van der Waals surface area contributed by atoms with Crippen LogP contribution in [0.3, 0.4) is 0 Å². The van der Waals surface area contributed by atoms with Gasteiger partial charge in [0.25, 0.3) is 0 Å². The second-order valence-electron chi connectivity index (χ2n) is 6.58. The Kier molecular flexibility index (Phi) is 3.97. The van der Waals surface area contributed by atoms with Crippen LogP contribution in [0.4, 0.5) is 0 Å². The molecule has 0 amide bonds. The number of carboxylic acids is 1. The number of rotatable bonds is 4. The van der Waals surface area contributed by atoms with Crippen molar-refractivity contribution in [1.29, 1.82) is 0 Å². The fraction of sp³-hybridized carbons (Fsp3) is 0.800. The van der Waals surface area contributed by atoms with Crippen molar-refractivity contribution in [2.45, 2.75) is 70.5 Å². The van der Waals surface area contributed by atoms with Gasteiger partial charge in [-0.1, -0.05) is 31.8 Å². The molecule has 3 atom stereocenters. The summed E-state index contributed by atoms with van der Waals surface area (Å²) >= 11 is 0. The molecule has 3 rings (SSSR count). The summed E-state index contributed by atoms with van der Waals surface area (Å²) in [6.45, 7) is 4.49. The van der Waals surface area contributed by atoms with Crippen LogP contribution >= 0.6 is 0 Å². The summed E-state index contributed by atoms with van der Waals surface area (Å²) in [6.07, 6.45) is 5.40. The van der Waals surface area contributed by atoms with Crippen LogP contribution in [0.25, 0.3) is 0 Å². The Morgan fingerprint density at radius 3 is 2.86 bits per heavy atom. The Balaban J connectivity index is 1.78. The van der Waals surface area contributed by atoms with Crippen molar-refractivity contribution < 1.29 is 14.4 Å². The maximum Gasteiger partial charge on any atom is 0.320 e. The topological polar surface area (TPSA) is 79.5 Å². The number of hydrogen-bond acceptors (Lipinski definition) is 5. The predicted octanol–water partition coefficient (Wildman–Crippen LogP) is 2.41. The van der Waals surface area contributed by atoms with Gasteiger partial charge in [-0.15, -0.1) is 0 Å². The highest BCUT2D eigenvalue weighted by molar-refractivity contribution is 5.74. The Bertz CT molecular complexity index is 514. The van der Waals surface area contributed by atoms with E-state index in [0.717, 1.165) is 19.3 Å². The summed E-state index contributed by atoms with van der Waals surface area (Å²) in [7, 11) is 0. The second-order valence-corrected chi connectivity index (χ2v) is 6.58. The molecule has 0 spiro atoms. The van der Waals surface area contributed by atoms with E-state index in [1.807, 2.05) is 13.8 Å². The molecule has 1 N–H and O–H groups in total. The monoisotopic (exact) mass is 293 g/mol. The highest BCUT2D eigenvalue weighted by Gasteiger charge is 2.45. The largest absolute Gasteiger partial charge is 0.480 e. The van der Waals surface area contributed by atoms with Crippen LogP contribution in [0.5, 0.6) is 0 Å². The van der Waals surface area contributed by atoms with Crippen LogP contribution < -0.4 is 0 Å². The number of aromatic nitrogens is 2. The van der Waals surface area contributed by atoms with Crippen molar-refractivity contribution in [3.63, 3.8) is 0 Å². The van der Waals surface area contributed by atoms with E-state index in [4.69, 9.17) is 4.52 Å². The molecular formula is C15H23N3O3. The molecule has 6 heteroatoms. The summed E-state index contributed by atoms with van der Waals surface area (Å²) in [5.41, 5.74) is 0. The summed E-state index contributed by atoms with van der Waals surface area (Å²) < 4.78 is 5.23. The van der Waals surface area contributed by atoms with Gasteiger partial charge < -0.3 is 9.63 Å². The highest BCUT2D eigenvalue weighted by Crippen LogP contribution is 2.40. The van der Waals surface area contributed by atoms with Gasteiger partial charge in [-0.2, -0.15) is 4.98 Å². The first-order valence-corrected chi connectivity index (χ1v) is 7.87. The van der Waals surface area contributed by atoms with Crippen LogP contribution in [-0.4, -0.2) is 38.2 Å². The molecule has 116 valence electrons. The van der Waals surface area contributed by atoms with Crippen LogP contribution in [0.15, 0.2) is 4.52 Å². The Hall–Kier alpha value is -1.43. The van der Waals surface area contributed by atoms with E-state index < -0.39 is 12.0 Å². The molecule has 3 unspecified atom stereocenters. The molecule has 1 aliphatic heterocycles. The average Bonchev–Trinajstić information content (AvgIpc) is 3.05. The quantitative estimate of drug-likeness (QED) is 0.918. The van der Waals surface area contributed by atoms with E-state index in [0.29, 0.717) is 30.2 Å². The SMILES string of the molecule is CC(C)c1nc(CN2C(C(=O)O)CC3CCCCC32)no1. The third-order valence-corrected chi connectivity index (χ3v) is 4.81. The molecule has 0 bridgehead atoms. The molecule has 1 aromatic rings. The lowest BCUT2D eigenvalue weighted by Gasteiger charge is -2.32. The van der Waals surface area contributed by atoms with Gasteiger partial charge in [0.15, 0.2) is 5.82 Å². The lowest BCUT2D eigenvalue weighted by atomic mass is 9.85. The molecule has 1 aromatic heterocycles. The number of carboxylic acid groups (broad SMARTS) is 1. The highest BCUT2D eigenvalue weighted by atomic mass is 16.5. The minimum Gasteiger partial charge on any atom is -0.480 e. The van der Waals surface area contributed by atoms with Gasteiger partial charge in [-0.3, -0.25) is 9.69 Å². The van der Waals surface area contributed by atoms with Crippen molar-refractivity contribution in [3.05, 3.63) is 11.7 Å². The average molecular weight is 293 g/mol. The van der Waals surface area contributed by atoms with Crippen molar-refractivity contribution in [2.24, 2.45) is 5.92 Å². The molecule has 0 radical (unpaired) electrons. The third-order valence-electron chi connectivity index (χ3n) is 4.81. The lowest BCUT2D eigenvalue weighted by Crippen LogP contribution is -2.41. The summed E-state index contributed by atoms with van der Waals surface area (Å²) in [5.74, 6) is 1.21. The van der Waals surface area contributed by atoms with Crippen molar-refractivity contribution in [3.8, 4) is 0 Å². The summed E-state index contributed by atoms with van der Waals surface area (Å²) in [5, 5.41) is 13.5. The number of aliphatic carboxylic acids is 1. The van der Waals surface area contributed by atoms with Crippen LogP contribution in [0.2, 0.25) is 0 Å². The van der Waals surface area contributed by atoms with E-state index >= 15 is 0 Å². The Morgan fingerprint density at radius 2 is 2.19 bits per heavy atom. The van der Waals surface area contributed by atoms with Crippen molar-refractivity contribution >= 4 is 5.97 Å². The molecule has 1 aliphatic carbocycles. The van der Waals surface area contributed by atoms with Gasteiger partial charge in [0.05, 0.1) is 6.54 Å². The number of likely N-dealkylation sites (tertiary alicyclic amines) is 1. The number of fused-ring (bicyclic) bond motifs is 1. The normalized spacial score (nSPS) is 29.8. The maximum absolute atomic E-state index is 11.6. The van der Waals surface area contributed by atoms with Gasteiger partial charge in [-0.05, 0) is 25.2 Å². The number of nitrogens with zero attached hydrogens (tertiary/aromatic N) is 3. The van der Waals surface area contributed by atoms with Crippen LogP contribution in [-0.2, 0) is 11.3 Å². The van der Waals surface area contributed by atoms with Gasteiger partial charge in [0.1, 0.15) is 6.04 Å². The molecular weight excluding hydrogens is 270 g/mol. The van der Waals surface area contributed by atoms with Gasteiger partial charge in [0.2, 0.25) is 5.89 Å². The van der Waals surface area contributed by atoms with Gasteiger partial charge in [0, 0.05) is 12.0 Å². The van der Waals surface area contributed by atoms with E-state index in [1.54, 1.807) is 0 Å². The molecule has 1 saturated heterocycles. The second kappa shape index (κ2) is 5.75. The van der Waals surface area contributed by atoms with Crippen molar-refractivity contribution in [2.75, 3.05) is 0 Å². The molecule has 2 heterocycles. The number of carbonyl (C=O) groups is 1. The predicted molar refractivity (Wildman–Crippen MR) is 75.7 cm³/mol. The molecule has 1 saturated carbocycles. The fourth-order valence-corrected chi connectivity index (χ4v) is 3.75. The lowest BCUT2D eigenvalue weighted by molar-refractivity contribution is -0.143. The van der Waals surface area contributed by atoms with Gasteiger partial charge in [-0.25, -0.2) is 0 Å². The first-order chi connectivity index (χ1) is 10.1. The minimum atomic E-state index is -0.725. The molecule has 21 heavy (non-hydrogen) atoms. The Morgan fingerprint density at radius 1 is 1.43 bits per heavy atom. The van der Waals surface area contributed by atoms with Crippen LogP contribution in [0, 0.1) is 5.92 Å². The first-order valence-electron chi connectivity index (χ1n) is 7.87. The van der Waals surface area contributed by atoms with E-state index in [-0.39, 0.29) is 5.92 Å². The Labute approximate surface area is 124 Å². The summed E-state index contributed by atoms with van der Waals surface area (Å²) in [4.78, 5) is 18.0. The zero-order chi connectivity index (χ0) is 15.0. The van der Waals surface area contributed by atoms with E-state index in [9.17, 15) is 9.90 Å².